The van der Waals surface area contributed by atoms with E-state index in [1.54, 1.807) is 12.1 Å². The zero-order valence-corrected chi connectivity index (χ0v) is 10.4. The number of anilines is 1. The van der Waals surface area contributed by atoms with Crippen LogP contribution in [0.3, 0.4) is 0 Å². The van der Waals surface area contributed by atoms with Gasteiger partial charge in [0.1, 0.15) is 16.4 Å². The Balaban J connectivity index is 2.03. The van der Waals surface area contributed by atoms with Crippen LogP contribution in [0.15, 0.2) is 23.4 Å². The molecular weight excluding hydrogens is 264 g/mol. The zero-order chi connectivity index (χ0) is 12.4. The molecule has 2 rings (SSSR count). The number of benzene rings is 1. The van der Waals surface area contributed by atoms with Crippen LogP contribution in [-0.4, -0.2) is 19.7 Å². The summed E-state index contributed by atoms with van der Waals surface area (Å²) in [7, 11) is -2.34. The first-order valence-corrected chi connectivity index (χ1v) is 6.75. The van der Waals surface area contributed by atoms with Crippen molar-refractivity contribution in [2.75, 3.05) is 5.32 Å². The summed E-state index contributed by atoms with van der Waals surface area (Å²) in [5, 5.41) is 6.17. The van der Waals surface area contributed by atoms with Gasteiger partial charge in [-0.2, -0.15) is 0 Å². The molecule has 1 aromatic rings. The van der Waals surface area contributed by atoms with E-state index in [0.717, 1.165) is 0 Å². The van der Waals surface area contributed by atoms with Crippen molar-refractivity contribution < 1.29 is 8.42 Å². The van der Waals surface area contributed by atoms with Gasteiger partial charge in [0, 0.05) is 11.1 Å². The molecule has 0 bridgehead atoms. The second-order valence-electron chi connectivity index (χ2n) is 4.00. The summed E-state index contributed by atoms with van der Waals surface area (Å²) in [6.07, 6.45) is 1.14. The Hall–Kier alpha value is -1.14. The third-order valence-electron chi connectivity index (χ3n) is 2.83. The first kappa shape index (κ1) is 12.3. The predicted octanol–water partition coefficient (Wildman–Crippen LogP) is 2.29. The van der Waals surface area contributed by atoms with Gasteiger partial charge in [0.15, 0.2) is 0 Å². The summed E-state index contributed by atoms with van der Waals surface area (Å²) in [5.41, 5.74) is 0.835. The maximum absolute atomic E-state index is 10.7. The SMILES string of the molecule is O=Nc1cc(Cl)ccc1N[C@H]1C[C@@H]([SH](=O)=O)C1. The van der Waals surface area contributed by atoms with Gasteiger partial charge < -0.3 is 5.32 Å². The average Bonchev–Trinajstić information content (AvgIpc) is 2.23. The van der Waals surface area contributed by atoms with E-state index < -0.39 is 10.7 Å². The predicted molar refractivity (Wildman–Crippen MR) is 67.7 cm³/mol. The number of thiol groups is 1. The first-order valence-electron chi connectivity index (χ1n) is 5.13. The molecule has 1 N–H and O–H groups in total. The van der Waals surface area contributed by atoms with Crippen LogP contribution >= 0.6 is 11.6 Å². The van der Waals surface area contributed by atoms with Crippen molar-refractivity contribution in [3.05, 3.63) is 28.1 Å². The van der Waals surface area contributed by atoms with Gasteiger partial charge >= 0.3 is 0 Å². The van der Waals surface area contributed by atoms with Crippen molar-refractivity contribution in [1.82, 2.24) is 0 Å². The highest BCUT2D eigenvalue weighted by Crippen LogP contribution is 2.32. The monoisotopic (exact) mass is 274 g/mol. The van der Waals surface area contributed by atoms with E-state index in [2.05, 4.69) is 10.5 Å². The van der Waals surface area contributed by atoms with E-state index in [-0.39, 0.29) is 17.0 Å². The van der Waals surface area contributed by atoms with Crippen LogP contribution in [0.2, 0.25) is 5.02 Å². The quantitative estimate of drug-likeness (QED) is 0.652. The van der Waals surface area contributed by atoms with Crippen LogP contribution < -0.4 is 5.32 Å². The third kappa shape index (κ3) is 2.76. The number of nitroso groups, excluding NO2 is 1. The van der Waals surface area contributed by atoms with Crippen LogP contribution in [0.4, 0.5) is 11.4 Å². The minimum Gasteiger partial charge on any atom is -0.380 e. The number of hydrogen-bond acceptors (Lipinski definition) is 5. The summed E-state index contributed by atoms with van der Waals surface area (Å²) in [6, 6.07) is 4.88. The second-order valence-corrected chi connectivity index (χ2v) is 5.74. The zero-order valence-electron chi connectivity index (χ0n) is 8.80. The summed E-state index contributed by atoms with van der Waals surface area (Å²) in [6.45, 7) is 0. The Labute approximate surface area is 105 Å². The van der Waals surface area contributed by atoms with E-state index >= 15 is 0 Å². The van der Waals surface area contributed by atoms with Crippen molar-refractivity contribution >= 4 is 33.7 Å². The smallest absolute Gasteiger partial charge is 0.143 e. The standard InChI is InChI=1S/C10H11ClN2O3S/c11-6-1-2-9(10(3-6)13-14)12-7-4-8(5-7)17(15)16/h1-3,7-8,12,17H,4-5H2/t7-,8+. The van der Waals surface area contributed by atoms with Crippen molar-refractivity contribution in [2.45, 2.75) is 24.1 Å². The van der Waals surface area contributed by atoms with Gasteiger partial charge in [-0.3, -0.25) is 0 Å². The highest BCUT2D eigenvalue weighted by molar-refractivity contribution is 7.73. The lowest BCUT2D eigenvalue weighted by Gasteiger charge is -2.32. The minimum absolute atomic E-state index is 0.0783. The van der Waals surface area contributed by atoms with Crippen molar-refractivity contribution in [3.63, 3.8) is 0 Å². The highest BCUT2D eigenvalue weighted by Gasteiger charge is 2.31. The molecule has 17 heavy (non-hydrogen) atoms. The number of halogens is 1. The number of nitrogens with zero attached hydrogens (tertiary/aromatic N) is 1. The summed E-state index contributed by atoms with van der Waals surface area (Å²) < 4.78 is 21.3. The Morgan fingerprint density at radius 1 is 1.35 bits per heavy atom. The van der Waals surface area contributed by atoms with Crippen LogP contribution in [0.5, 0.6) is 0 Å². The summed E-state index contributed by atoms with van der Waals surface area (Å²) in [5.74, 6) is 0. The Bertz CT molecular complexity index is 504. The second kappa shape index (κ2) is 5.01. The number of hydrogen-bond donors (Lipinski definition) is 2. The van der Waals surface area contributed by atoms with Gasteiger partial charge in [-0.05, 0) is 36.2 Å². The molecule has 0 aliphatic heterocycles. The van der Waals surface area contributed by atoms with Crippen molar-refractivity contribution in [3.8, 4) is 0 Å². The molecule has 92 valence electrons. The van der Waals surface area contributed by atoms with Crippen LogP contribution in [-0.2, 0) is 10.7 Å². The van der Waals surface area contributed by atoms with Crippen LogP contribution in [0.1, 0.15) is 12.8 Å². The highest BCUT2D eigenvalue weighted by atomic mass is 35.5. The topological polar surface area (TPSA) is 75.6 Å². The van der Waals surface area contributed by atoms with Gasteiger partial charge in [0.25, 0.3) is 0 Å². The molecule has 0 radical (unpaired) electrons. The van der Waals surface area contributed by atoms with Crippen LogP contribution in [0.25, 0.3) is 0 Å². The molecular formula is C10H11ClN2O3S. The van der Waals surface area contributed by atoms with E-state index in [1.165, 1.54) is 6.07 Å². The molecule has 7 heteroatoms. The molecule has 1 aliphatic rings. The van der Waals surface area contributed by atoms with Crippen LogP contribution in [0, 0.1) is 4.91 Å². The normalized spacial score (nSPS) is 23.2. The van der Waals surface area contributed by atoms with Gasteiger partial charge in [-0.15, -0.1) is 4.91 Å². The van der Waals surface area contributed by atoms with E-state index in [4.69, 9.17) is 11.6 Å². The lowest BCUT2D eigenvalue weighted by Crippen LogP contribution is -2.39. The fourth-order valence-corrected chi connectivity index (χ4v) is 2.82. The summed E-state index contributed by atoms with van der Waals surface area (Å²) >= 11 is 5.74. The van der Waals surface area contributed by atoms with Gasteiger partial charge in [-0.25, -0.2) is 8.42 Å². The third-order valence-corrected chi connectivity index (χ3v) is 4.08. The molecule has 0 saturated heterocycles. The lowest BCUT2D eigenvalue weighted by molar-refractivity contribution is 0.440. The van der Waals surface area contributed by atoms with Crippen molar-refractivity contribution in [2.24, 2.45) is 5.18 Å². The number of nitrogens with one attached hydrogen (secondary N) is 1. The molecule has 0 spiro atoms. The molecule has 1 saturated carbocycles. The van der Waals surface area contributed by atoms with Crippen molar-refractivity contribution in [1.29, 1.82) is 0 Å². The Morgan fingerprint density at radius 3 is 2.65 bits per heavy atom. The molecule has 0 heterocycles. The molecule has 0 atom stereocenters. The molecule has 0 amide bonds. The molecule has 5 nitrogen and oxygen atoms in total. The van der Waals surface area contributed by atoms with E-state index in [1.807, 2.05) is 0 Å². The maximum atomic E-state index is 10.7. The molecule has 1 aromatic carbocycles. The first-order chi connectivity index (χ1) is 8.10. The Kier molecular flexibility index (Phi) is 3.63. The lowest BCUT2D eigenvalue weighted by atomic mass is 9.92. The maximum Gasteiger partial charge on any atom is 0.143 e. The van der Waals surface area contributed by atoms with Gasteiger partial charge in [0.05, 0.1) is 10.9 Å². The fourth-order valence-electron chi connectivity index (χ4n) is 1.80. The minimum atomic E-state index is -2.34. The average molecular weight is 275 g/mol. The fraction of sp³-hybridized carbons (Fsp3) is 0.400. The summed E-state index contributed by atoms with van der Waals surface area (Å²) in [4.78, 5) is 10.6. The number of rotatable bonds is 4. The Morgan fingerprint density at radius 2 is 2.06 bits per heavy atom. The molecule has 0 unspecified atom stereocenters. The molecule has 1 aliphatic carbocycles. The molecule has 0 aromatic heterocycles. The largest absolute Gasteiger partial charge is 0.380 e. The van der Waals surface area contributed by atoms with E-state index in [9.17, 15) is 13.3 Å². The van der Waals surface area contributed by atoms with Gasteiger partial charge in [-0.1, -0.05) is 11.6 Å². The van der Waals surface area contributed by atoms with Gasteiger partial charge in [0.2, 0.25) is 0 Å². The van der Waals surface area contributed by atoms with E-state index in [0.29, 0.717) is 23.6 Å². The molecule has 1 fully saturated rings.